The SMILES string of the molecule is COC(=O)Cc1cccc(F)c1CBr. The Bertz CT molecular complexity index is 339. The molecule has 1 rings (SSSR count). The number of alkyl halides is 1. The normalized spacial score (nSPS) is 9.93. The standard InChI is InChI=1S/C10H10BrFO2/c1-14-10(13)5-7-3-2-4-9(12)8(7)6-11/h2-4H,5-6H2,1H3. The Morgan fingerprint density at radius 1 is 1.57 bits per heavy atom. The number of carbonyl (C=O) groups excluding carboxylic acids is 1. The van der Waals surface area contributed by atoms with Gasteiger partial charge in [0.1, 0.15) is 5.82 Å². The second kappa shape index (κ2) is 5.10. The number of benzene rings is 1. The van der Waals surface area contributed by atoms with E-state index in [0.29, 0.717) is 16.5 Å². The number of hydrogen-bond donors (Lipinski definition) is 0. The Morgan fingerprint density at radius 2 is 2.29 bits per heavy atom. The zero-order valence-electron chi connectivity index (χ0n) is 7.72. The first-order chi connectivity index (χ1) is 6.69. The van der Waals surface area contributed by atoms with E-state index in [1.807, 2.05) is 0 Å². The van der Waals surface area contributed by atoms with Gasteiger partial charge in [0.05, 0.1) is 13.5 Å². The molecule has 0 saturated heterocycles. The third-order valence-electron chi connectivity index (χ3n) is 1.91. The first-order valence-electron chi connectivity index (χ1n) is 4.08. The molecule has 1 aromatic carbocycles. The van der Waals surface area contributed by atoms with Crippen molar-refractivity contribution < 1.29 is 13.9 Å². The summed E-state index contributed by atoms with van der Waals surface area (Å²) in [5, 5.41) is 0.395. The molecule has 0 aliphatic rings. The van der Waals surface area contributed by atoms with Crippen LogP contribution >= 0.6 is 15.9 Å². The monoisotopic (exact) mass is 260 g/mol. The minimum atomic E-state index is -0.363. The van der Waals surface area contributed by atoms with Gasteiger partial charge in [-0.15, -0.1) is 0 Å². The van der Waals surface area contributed by atoms with Gasteiger partial charge in [0.15, 0.2) is 0 Å². The van der Waals surface area contributed by atoms with Gasteiger partial charge in [0, 0.05) is 10.9 Å². The van der Waals surface area contributed by atoms with Crippen molar-refractivity contribution >= 4 is 21.9 Å². The second-order valence-electron chi connectivity index (χ2n) is 2.76. The van der Waals surface area contributed by atoms with Gasteiger partial charge in [-0.3, -0.25) is 4.79 Å². The van der Waals surface area contributed by atoms with Crippen molar-refractivity contribution in [3.63, 3.8) is 0 Å². The van der Waals surface area contributed by atoms with E-state index < -0.39 is 0 Å². The Kier molecular flexibility index (Phi) is 4.07. The number of ether oxygens (including phenoxy) is 1. The van der Waals surface area contributed by atoms with Crippen molar-refractivity contribution in [2.75, 3.05) is 7.11 Å². The molecule has 0 amide bonds. The van der Waals surface area contributed by atoms with E-state index in [1.54, 1.807) is 12.1 Å². The summed E-state index contributed by atoms with van der Waals surface area (Å²) in [4.78, 5) is 11.0. The van der Waals surface area contributed by atoms with Crippen LogP contribution in [0.15, 0.2) is 18.2 Å². The molecule has 0 N–H and O–H groups in total. The molecule has 0 unspecified atom stereocenters. The van der Waals surface area contributed by atoms with Crippen LogP contribution < -0.4 is 0 Å². The number of rotatable bonds is 3. The summed E-state index contributed by atoms with van der Waals surface area (Å²) in [6.45, 7) is 0. The average molecular weight is 261 g/mol. The highest BCUT2D eigenvalue weighted by Gasteiger charge is 2.10. The van der Waals surface area contributed by atoms with Gasteiger partial charge in [-0.25, -0.2) is 4.39 Å². The van der Waals surface area contributed by atoms with Crippen LogP contribution in [0.3, 0.4) is 0 Å². The molecule has 0 heterocycles. The van der Waals surface area contributed by atoms with Crippen molar-refractivity contribution in [2.45, 2.75) is 11.8 Å². The van der Waals surface area contributed by atoms with Crippen LogP contribution in [-0.2, 0) is 21.3 Å². The van der Waals surface area contributed by atoms with Crippen molar-refractivity contribution in [3.8, 4) is 0 Å². The molecule has 1 aromatic rings. The van der Waals surface area contributed by atoms with Crippen molar-refractivity contribution in [2.24, 2.45) is 0 Å². The third kappa shape index (κ3) is 2.54. The molecule has 0 radical (unpaired) electrons. The van der Waals surface area contributed by atoms with Gasteiger partial charge in [-0.2, -0.15) is 0 Å². The topological polar surface area (TPSA) is 26.3 Å². The summed E-state index contributed by atoms with van der Waals surface area (Å²) < 4.78 is 17.7. The summed E-state index contributed by atoms with van der Waals surface area (Å²) in [5.74, 6) is -0.666. The van der Waals surface area contributed by atoms with Crippen LogP contribution in [0.1, 0.15) is 11.1 Å². The molecule has 2 nitrogen and oxygen atoms in total. The van der Waals surface area contributed by atoms with Crippen LogP contribution in [0.2, 0.25) is 0 Å². The van der Waals surface area contributed by atoms with Gasteiger partial charge < -0.3 is 4.74 Å². The van der Waals surface area contributed by atoms with Gasteiger partial charge in [0.25, 0.3) is 0 Å². The highest BCUT2D eigenvalue weighted by Crippen LogP contribution is 2.17. The van der Waals surface area contributed by atoms with Crippen LogP contribution in [-0.4, -0.2) is 13.1 Å². The molecular weight excluding hydrogens is 251 g/mol. The molecule has 0 atom stereocenters. The summed E-state index contributed by atoms with van der Waals surface area (Å²) in [6.07, 6.45) is 0.106. The van der Waals surface area contributed by atoms with Gasteiger partial charge in [-0.05, 0) is 11.6 Å². The van der Waals surface area contributed by atoms with E-state index in [2.05, 4.69) is 20.7 Å². The van der Waals surface area contributed by atoms with Crippen LogP contribution in [0.5, 0.6) is 0 Å². The summed E-state index contributed by atoms with van der Waals surface area (Å²) in [7, 11) is 1.31. The van der Waals surface area contributed by atoms with Crippen molar-refractivity contribution in [1.82, 2.24) is 0 Å². The highest BCUT2D eigenvalue weighted by molar-refractivity contribution is 9.08. The predicted molar refractivity (Wildman–Crippen MR) is 54.8 cm³/mol. The largest absolute Gasteiger partial charge is 0.469 e. The van der Waals surface area contributed by atoms with Crippen LogP contribution in [0, 0.1) is 5.82 Å². The maximum atomic E-state index is 13.2. The van der Waals surface area contributed by atoms with Crippen molar-refractivity contribution in [3.05, 3.63) is 35.1 Å². The van der Waals surface area contributed by atoms with E-state index >= 15 is 0 Å². The van der Waals surface area contributed by atoms with E-state index in [4.69, 9.17) is 0 Å². The Labute approximate surface area is 90.2 Å². The first kappa shape index (κ1) is 11.2. The quantitative estimate of drug-likeness (QED) is 0.617. The molecule has 0 bridgehead atoms. The van der Waals surface area contributed by atoms with E-state index in [0.717, 1.165) is 0 Å². The number of halogens is 2. The first-order valence-corrected chi connectivity index (χ1v) is 5.20. The maximum absolute atomic E-state index is 13.2. The zero-order chi connectivity index (χ0) is 10.6. The van der Waals surface area contributed by atoms with E-state index in [9.17, 15) is 9.18 Å². The lowest BCUT2D eigenvalue weighted by Crippen LogP contribution is -2.07. The lowest BCUT2D eigenvalue weighted by atomic mass is 10.1. The molecule has 0 aromatic heterocycles. The molecule has 0 fully saturated rings. The zero-order valence-corrected chi connectivity index (χ0v) is 9.30. The fourth-order valence-electron chi connectivity index (χ4n) is 1.15. The Morgan fingerprint density at radius 3 is 2.86 bits per heavy atom. The second-order valence-corrected chi connectivity index (χ2v) is 3.32. The van der Waals surface area contributed by atoms with Crippen LogP contribution in [0.4, 0.5) is 4.39 Å². The van der Waals surface area contributed by atoms with Gasteiger partial charge >= 0.3 is 5.97 Å². The minimum absolute atomic E-state index is 0.106. The van der Waals surface area contributed by atoms with Gasteiger partial charge in [0.2, 0.25) is 0 Å². The fourth-order valence-corrected chi connectivity index (χ4v) is 1.77. The number of carbonyl (C=O) groups is 1. The number of esters is 1. The van der Waals surface area contributed by atoms with Crippen LogP contribution in [0.25, 0.3) is 0 Å². The number of hydrogen-bond acceptors (Lipinski definition) is 2. The summed E-state index contributed by atoms with van der Waals surface area (Å²) >= 11 is 3.18. The lowest BCUT2D eigenvalue weighted by molar-refractivity contribution is -0.139. The minimum Gasteiger partial charge on any atom is -0.469 e. The molecule has 0 spiro atoms. The molecule has 0 saturated carbocycles. The lowest BCUT2D eigenvalue weighted by Gasteiger charge is -2.06. The van der Waals surface area contributed by atoms with Crippen molar-refractivity contribution in [1.29, 1.82) is 0 Å². The summed E-state index contributed by atoms with van der Waals surface area (Å²) in [6, 6.07) is 4.67. The smallest absolute Gasteiger partial charge is 0.309 e. The predicted octanol–water partition coefficient (Wildman–Crippen LogP) is 2.44. The number of methoxy groups -OCH3 is 1. The third-order valence-corrected chi connectivity index (χ3v) is 2.47. The molecule has 4 heteroatoms. The summed E-state index contributed by atoms with van der Waals surface area (Å²) in [5.41, 5.74) is 1.17. The highest BCUT2D eigenvalue weighted by atomic mass is 79.9. The molecule has 76 valence electrons. The van der Waals surface area contributed by atoms with E-state index in [-0.39, 0.29) is 18.2 Å². The average Bonchev–Trinajstić information content (AvgIpc) is 2.18. The Hall–Kier alpha value is -0.900. The Balaban J connectivity index is 2.96. The van der Waals surface area contributed by atoms with Gasteiger partial charge in [-0.1, -0.05) is 28.1 Å². The molecule has 0 aliphatic heterocycles. The molecule has 14 heavy (non-hydrogen) atoms. The fraction of sp³-hybridized carbons (Fsp3) is 0.300. The maximum Gasteiger partial charge on any atom is 0.309 e. The van der Waals surface area contributed by atoms with E-state index in [1.165, 1.54) is 13.2 Å². The molecule has 0 aliphatic carbocycles. The molecular formula is C10H10BrFO2.